The van der Waals surface area contributed by atoms with Crippen LogP contribution in [0.25, 0.3) is 0 Å². The second-order valence-corrected chi connectivity index (χ2v) is 6.21. The van der Waals surface area contributed by atoms with Gasteiger partial charge in [-0.3, -0.25) is 0 Å². The van der Waals surface area contributed by atoms with E-state index >= 15 is 0 Å². The molecule has 0 aliphatic carbocycles. The number of benzene rings is 1. The first-order chi connectivity index (χ1) is 10.2. The Kier molecular flexibility index (Phi) is 6.97. The van der Waals surface area contributed by atoms with Gasteiger partial charge in [-0.1, -0.05) is 30.7 Å². The van der Waals surface area contributed by atoms with Crippen molar-refractivity contribution in [2.45, 2.75) is 38.3 Å². The van der Waals surface area contributed by atoms with Crippen LogP contribution >= 0.6 is 11.6 Å². The third kappa shape index (κ3) is 5.26. The third-order valence-corrected chi connectivity index (χ3v) is 4.56. The summed E-state index contributed by atoms with van der Waals surface area (Å²) in [6.07, 6.45) is 3.43. The Morgan fingerprint density at radius 1 is 1.29 bits per heavy atom. The summed E-state index contributed by atoms with van der Waals surface area (Å²) >= 11 is 5.98. The van der Waals surface area contributed by atoms with E-state index in [1.165, 1.54) is 5.56 Å². The number of nitrogens with zero attached hydrogens (tertiary/aromatic N) is 1. The molecular formula is C17H27ClN2O. The molecule has 1 N–H and O–H groups in total. The molecule has 1 aliphatic rings. The molecule has 118 valence electrons. The van der Waals surface area contributed by atoms with Gasteiger partial charge in [0.05, 0.1) is 0 Å². The third-order valence-electron chi connectivity index (χ3n) is 4.31. The van der Waals surface area contributed by atoms with E-state index in [1.54, 1.807) is 0 Å². The van der Waals surface area contributed by atoms with Crippen LogP contribution in [0, 0.1) is 0 Å². The van der Waals surface area contributed by atoms with Crippen molar-refractivity contribution < 1.29 is 4.74 Å². The fraction of sp³-hybridized carbons (Fsp3) is 0.647. The molecule has 1 aromatic rings. The van der Waals surface area contributed by atoms with Crippen LogP contribution in [0.1, 0.15) is 37.8 Å². The molecule has 0 aromatic heterocycles. The number of hydrogen-bond acceptors (Lipinski definition) is 3. The van der Waals surface area contributed by atoms with Crippen LogP contribution in [0.4, 0.5) is 0 Å². The Balaban J connectivity index is 1.88. The van der Waals surface area contributed by atoms with Gasteiger partial charge in [0, 0.05) is 30.3 Å². The quantitative estimate of drug-likeness (QED) is 0.834. The molecule has 2 rings (SSSR count). The lowest BCUT2D eigenvalue weighted by Gasteiger charge is -2.32. The first-order valence-corrected chi connectivity index (χ1v) is 8.35. The summed E-state index contributed by atoms with van der Waals surface area (Å²) in [6, 6.07) is 9.28. The molecule has 1 aliphatic heterocycles. The Bertz CT molecular complexity index is 404. The molecule has 1 aromatic carbocycles. The zero-order chi connectivity index (χ0) is 15.1. The molecule has 0 spiro atoms. The average molecular weight is 311 g/mol. The minimum Gasteiger partial charge on any atom is -0.381 e. The molecule has 0 amide bonds. The highest BCUT2D eigenvalue weighted by Crippen LogP contribution is 2.21. The van der Waals surface area contributed by atoms with Crippen molar-refractivity contribution in [3.63, 3.8) is 0 Å². The smallest absolute Gasteiger partial charge is 0.0480 e. The molecule has 1 saturated heterocycles. The second-order valence-electron chi connectivity index (χ2n) is 5.77. The predicted molar refractivity (Wildman–Crippen MR) is 89.0 cm³/mol. The maximum atomic E-state index is 5.98. The lowest BCUT2D eigenvalue weighted by atomic mass is 10.0. The molecule has 1 fully saturated rings. The molecule has 4 heteroatoms. The molecule has 1 unspecified atom stereocenters. The second kappa shape index (κ2) is 8.74. The number of halogens is 1. The molecule has 3 nitrogen and oxygen atoms in total. The summed E-state index contributed by atoms with van der Waals surface area (Å²) < 4.78 is 5.44. The van der Waals surface area contributed by atoms with Crippen molar-refractivity contribution in [3.8, 4) is 0 Å². The predicted octanol–water partition coefficient (Wildman–Crippen LogP) is 3.49. The van der Waals surface area contributed by atoms with E-state index in [-0.39, 0.29) is 0 Å². The molecule has 0 saturated carbocycles. The van der Waals surface area contributed by atoms with Crippen molar-refractivity contribution in [1.29, 1.82) is 0 Å². The van der Waals surface area contributed by atoms with Gasteiger partial charge in [0.2, 0.25) is 0 Å². The Labute approximate surface area is 133 Å². The van der Waals surface area contributed by atoms with Crippen molar-refractivity contribution in [2.75, 3.05) is 33.4 Å². The van der Waals surface area contributed by atoms with Gasteiger partial charge in [-0.15, -0.1) is 0 Å². The van der Waals surface area contributed by atoms with Gasteiger partial charge in [-0.25, -0.2) is 0 Å². The molecular weight excluding hydrogens is 284 g/mol. The summed E-state index contributed by atoms with van der Waals surface area (Å²) in [4.78, 5) is 2.49. The summed E-state index contributed by atoms with van der Waals surface area (Å²) in [7, 11) is 2.24. The minimum atomic E-state index is 0.398. The maximum absolute atomic E-state index is 5.98. The van der Waals surface area contributed by atoms with Gasteiger partial charge < -0.3 is 15.0 Å². The van der Waals surface area contributed by atoms with Gasteiger partial charge in [0.15, 0.2) is 0 Å². The van der Waals surface area contributed by atoms with Gasteiger partial charge in [-0.2, -0.15) is 0 Å². The molecule has 21 heavy (non-hydrogen) atoms. The van der Waals surface area contributed by atoms with E-state index in [9.17, 15) is 0 Å². The standard InChI is InChI=1S/C17H27ClN2O/c1-3-19-17(14-4-6-15(18)7-5-14)8-11-20(2)16-9-12-21-13-10-16/h4-7,16-17,19H,3,8-13H2,1-2H3. The van der Waals surface area contributed by atoms with Crippen molar-refractivity contribution in [2.24, 2.45) is 0 Å². The number of ether oxygens (including phenoxy) is 1. The highest BCUT2D eigenvalue weighted by Gasteiger charge is 2.19. The van der Waals surface area contributed by atoms with E-state index in [1.807, 2.05) is 12.1 Å². The summed E-state index contributed by atoms with van der Waals surface area (Å²) in [6.45, 7) is 6.05. The molecule has 1 heterocycles. The topological polar surface area (TPSA) is 24.5 Å². The van der Waals surface area contributed by atoms with E-state index in [4.69, 9.17) is 16.3 Å². The van der Waals surface area contributed by atoms with Crippen molar-refractivity contribution >= 4 is 11.6 Å². The molecule has 0 radical (unpaired) electrons. The molecule has 0 bridgehead atoms. The number of nitrogens with one attached hydrogen (secondary N) is 1. The fourth-order valence-corrected chi connectivity index (χ4v) is 3.10. The Hall–Kier alpha value is -0.610. The van der Waals surface area contributed by atoms with Gasteiger partial charge in [-0.05, 0) is 57.1 Å². The number of rotatable bonds is 7. The van der Waals surface area contributed by atoms with Crippen LogP contribution < -0.4 is 5.32 Å². The normalized spacial score (nSPS) is 18.1. The SMILES string of the molecule is CCNC(CCN(C)C1CCOCC1)c1ccc(Cl)cc1. The van der Waals surface area contributed by atoms with E-state index < -0.39 is 0 Å². The molecule has 1 atom stereocenters. The van der Waals surface area contributed by atoms with Crippen molar-refractivity contribution in [1.82, 2.24) is 10.2 Å². The number of hydrogen-bond donors (Lipinski definition) is 1. The zero-order valence-corrected chi connectivity index (χ0v) is 13.9. The summed E-state index contributed by atoms with van der Waals surface area (Å²) in [5, 5.41) is 4.38. The highest BCUT2D eigenvalue weighted by atomic mass is 35.5. The monoisotopic (exact) mass is 310 g/mol. The van der Waals surface area contributed by atoms with E-state index in [0.717, 1.165) is 50.6 Å². The van der Waals surface area contributed by atoms with E-state index in [0.29, 0.717) is 12.1 Å². The summed E-state index contributed by atoms with van der Waals surface area (Å²) in [5.41, 5.74) is 1.32. The van der Waals surface area contributed by atoms with Crippen molar-refractivity contribution in [3.05, 3.63) is 34.9 Å². The minimum absolute atomic E-state index is 0.398. The first kappa shape index (κ1) is 16.8. The van der Waals surface area contributed by atoms with Gasteiger partial charge >= 0.3 is 0 Å². The van der Waals surface area contributed by atoms with E-state index in [2.05, 4.69) is 36.3 Å². The summed E-state index contributed by atoms with van der Waals surface area (Å²) in [5.74, 6) is 0. The zero-order valence-electron chi connectivity index (χ0n) is 13.1. The lowest BCUT2D eigenvalue weighted by molar-refractivity contribution is 0.0419. The van der Waals surface area contributed by atoms with Crippen LogP contribution in [0.15, 0.2) is 24.3 Å². The van der Waals surface area contributed by atoms with Gasteiger partial charge in [0.25, 0.3) is 0 Å². The van der Waals surface area contributed by atoms with Crippen LogP contribution in [0.2, 0.25) is 5.02 Å². The van der Waals surface area contributed by atoms with Crippen LogP contribution in [-0.2, 0) is 4.74 Å². The lowest BCUT2D eigenvalue weighted by Crippen LogP contribution is -2.38. The van der Waals surface area contributed by atoms with Crippen LogP contribution in [0.3, 0.4) is 0 Å². The highest BCUT2D eigenvalue weighted by molar-refractivity contribution is 6.30. The fourth-order valence-electron chi connectivity index (χ4n) is 2.97. The Morgan fingerprint density at radius 2 is 1.95 bits per heavy atom. The Morgan fingerprint density at radius 3 is 2.57 bits per heavy atom. The van der Waals surface area contributed by atoms with Crippen LogP contribution in [-0.4, -0.2) is 44.3 Å². The average Bonchev–Trinajstić information content (AvgIpc) is 2.53. The first-order valence-electron chi connectivity index (χ1n) is 7.97. The van der Waals surface area contributed by atoms with Crippen LogP contribution in [0.5, 0.6) is 0 Å². The van der Waals surface area contributed by atoms with Gasteiger partial charge in [0.1, 0.15) is 0 Å². The maximum Gasteiger partial charge on any atom is 0.0480 e. The largest absolute Gasteiger partial charge is 0.381 e.